The van der Waals surface area contributed by atoms with Gasteiger partial charge in [0, 0.05) is 19.6 Å². The van der Waals surface area contributed by atoms with Crippen LogP contribution in [0.15, 0.2) is 6.20 Å². The Morgan fingerprint density at radius 2 is 2.33 bits per heavy atom. The third-order valence-electron chi connectivity index (χ3n) is 3.21. The average molecular weight is 295 g/mol. The predicted octanol–water partition coefficient (Wildman–Crippen LogP) is 1.82. The summed E-state index contributed by atoms with van der Waals surface area (Å²) in [5.74, 6) is 0.770. The molecule has 0 aromatic carbocycles. The van der Waals surface area contributed by atoms with Crippen molar-refractivity contribution < 1.29 is 9.66 Å². The van der Waals surface area contributed by atoms with Crippen LogP contribution in [0.25, 0.3) is 0 Å². The quantitative estimate of drug-likeness (QED) is 0.654. The molecule has 0 aliphatic carbocycles. The van der Waals surface area contributed by atoms with Crippen LogP contribution in [0, 0.1) is 10.1 Å². The summed E-state index contributed by atoms with van der Waals surface area (Å²) in [6.45, 7) is 8.33. The molecule has 8 heteroatoms. The van der Waals surface area contributed by atoms with E-state index < -0.39 is 4.92 Å². The van der Waals surface area contributed by atoms with Gasteiger partial charge in [0.2, 0.25) is 11.8 Å². The van der Waals surface area contributed by atoms with Gasteiger partial charge in [-0.1, -0.05) is 6.92 Å². The van der Waals surface area contributed by atoms with Gasteiger partial charge in [0.05, 0.1) is 17.1 Å². The van der Waals surface area contributed by atoms with Crippen LogP contribution < -0.4 is 10.2 Å². The highest BCUT2D eigenvalue weighted by Crippen LogP contribution is 2.29. The van der Waals surface area contributed by atoms with Crippen molar-refractivity contribution in [3.63, 3.8) is 0 Å². The van der Waals surface area contributed by atoms with Crippen LogP contribution in [-0.2, 0) is 4.74 Å². The number of nitro groups is 1. The standard InChI is InChI=1S/C13H21N5O3/c1-4-5-14-12-15-8-10(18(19)20)11(16-12)17-6-7-21-13(2,3)9-17/h8H,4-7,9H2,1-3H3,(H,14,15,16). The predicted molar refractivity (Wildman–Crippen MR) is 79.7 cm³/mol. The zero-order valence-corrected chi connectivity index (χ0v) is 12.6. The SMILES string of the molecule is CCCNc1ncc([N+](=O)[O-])c(N2CCOC(C)(C)C2)n1. The molecule has 0 atom stereocenters. The van der Waals surface area contributed by atoms with E-state index in [1.54, 1.807) is 0 Å². The Balaban J connectivity index is 2.31. The molecule has 1 aliphatic heterocycles. The highest BCUT2D eigenvalue weighted by atomic mass is 16.6. The van der Waals surface area contributed by atoms with Gasteiger partial charge in [-0.05, 0) is 20.3 Å². The number of anilines is 2. The van der Waals surface area contributed by atoms with E-state index in [2.05, 4.69) is 15.3 Å². The molecule has 1 saturated heterocycles. The third-order valence-corrected chi connectivity index (χ3v) is 3.21. The molecule has 0 unspecified atom stereocenters. The van der Waals surface area contributed by atoms with E-state index in [0.29, 0.717) is 31.5 Å². The molecule has 0 spiro atoms. The molecule has 2 heterocycles. The maximum Gasteiger partial charge on any atom is 0.329 e. The summed E-state index contributed by atoms with van der Waals surface area (Å²) in [4.78, 5) is 21.0. The van der Waals surface area contributed by atoms with Gasteiger partial charge < -0.3 is 15.0 Å². The van der Waals surface area contributed by atoms with Crippen molar-refractivity contribution in [3.8, 4) is 0 Å². The molecule has 8 nitrogen and oxygen atoms in total. The number of aromatic nitrogens is 2. The number of rotatable bonds is 5. The van der Waals surface area contributed by atoms with Crippen molar-refractivity contribution >= 4 is 17.5 Å². The molecule has 1 N–H and O–H groups in total. The largest absolute Gasteiger partial charge is 0.372 e. The average Bonchev–Trinajstić information content (AvgIpc) is 2.43. The van der Waals surface area contributed by atoms with Crippen LogP contribution in [0.5, 0.6) is 0 Å². The van der Waals surface area contributed by atoms with E-state index in [1.807, 2.05) is 25.7 Å². The van der Waals surface area contributed by atoms with E-state index in [0.717, 1.165) is 13.0 Å². The third kappa shape index (κ3) is 3.78. The molecule has 116 valence electrons. The highest BCUT2D eigenvalue weighted by molar-refractivity contribution is 5.59. The fraction of sp³-hybridized carbons (Fsp3) is 0.692. The van der Waals surface area contributed by atoms with E-state index in [9.17, 15) is 10.1 Å². The van der Waals surface area contributed by atoms with Gasteiger partial charge in [0.15, 0.2) is 0 Å². The Kier molecular flexibility index (Phi) is 4.56. The Morgan fingerprint density at radius 3 is 2.95 bits per heavy atom. The number of hydrogen-bond donors (Lipinski definition) is 1. The van der Waals surface area contributed by atoms with Gasteiger partial charge in [-0.15, -0.1) is 0 Å². The first-order chi connectivity index (χ1) is 9.93. The van der Waals surface area contributed by atoms with Crippen molar-refractivity contribution in [2.45, 2.75) is 32.8 Å². The lowest BCUT2D eigenvalue weighted by Gasteiger charge is -2.38. The minimum absolute atomic E-state index is 0.0743. The molecule has 0 amide bonds. The summed E-state index contributed by atoms with van der Waals surface area (Å²) in [5, 5.41) is 14.3. The minimum Gasteiger partial charge on any atom is -0.372 e. The maximum absolute atomic E-state index is 11.2. The molecule has 1 aliphatic rings. The Hall–Kier alpha value is -1.96. The lowest BCUT2D eigenvalue weighted by molar-refractivity contribution is -0.384. The van der Waals surface area contributed by atoms with Crippen LogP contribution in [-0.4, -0.2) is 46.7 Å². The topological polar surface area (TPSA) is 93.4 Å². The van der Waals surface area contributed by atoms with Gasteiger partial charge >= 0.3 is 5.69 Å². The van der Waals surface area contributed by atoms with Crippen molar-refractivity contribution in [2.75, 3.05) is 36.5 Å². The highest BCUT2D eigenvalue weighted by Gasteiger charge is 2.32. The van der Waals surface area contributed by atoms with Crippen LogP contribution in [0.2, 0.25) is 0 Å². The number of ether oxygens (including phenoxy) is 1. The molecule has 2 rings (SSSR count). The lowest BCUT2D eigenvalue weighted by atomic mass is 10.1. The summed E-state index contributed by atoms with van der Waals surface area (Å²) in [5.41, 5.74) is -0.427. The molecule has 1 aromatic heterocycles. The number of morpholine rings is 1. The van der Waals surface area contributed by atoms with E-state index >= 15 is 0 Å². The summed E-state index contributed by atoms with van der Waals surface area (Å²) < 4.78 is 5.64. The fourth-order valence-electron chi connectivity index (χ4n) is 2.25. The first-order valence-electron chi connectivity index (χ1n) is 7.07. The first kappa shape index (κ1) is 15.4. The second-order valence-electron chi connectivity index (χ2n) is 5.62. The molecule has 1 aromatic rings. The van der Waals surface area contributed by atoms with Crippen molar-refractivity contribution in [1.29, 1.82) is 0 Å². The Labute approximate surface area is 123 Å². The summed E-state index contributed by atoms with van der Waals surface area (Å²) >= 11 is 0. The second-order valence-corrected chi connectivity index (χ2v) is 5.62. The van der Waals surface area contributed by atoms with Crippen molar-refractivity contribution in [2.24, 2.45) is 0 Å². The fourth-order valence-corrected chi connectivity index (χ4v) is 2.25. The molecular weight excluding hydrogens is 274 g/mol. The maximum atomic E-state index is 11.2. The minimum atomic E-state index is -0.443. The zero-order valence-electron chi connectivity index (χ0n) is 12.6. The molecule has 0 bridgehead atoms. The number of hydrogen-bond acceptors (Lipinski definition) is 7. The molecule has 0 saturated carbocycles. The lowest BCUT2D eigenvalue weighted by Crippen LogP contribution is -2.48. The normalized spacial score (nSPS) is 17.6. The molecule has 1 fully saturated rings. The molecule has 0 radical (unpaired) electrons. The van der Waals surface area contributed by atoms with Crippen molar-refractivity contribution in [1.82, 2.24) is 9.97 Å². The monoisotopic (exact) mass is 295 g/mol. The Morgan fingerprint density at radius 1 is 1.57 bits per heavy atom. The van der Waals surface area contributed by atoms with Crippen LogP contribution in [0.3, 0.4) is 0 Å². The van der Waals surface area contributed by atoms with Crippen molar-refractivity contribution in [3.05, 3.63) is 16.3 Å². The van der Waals surface area contributed by atoms with E-state index in [1.165, 1.54) is 6.20 Å². The van der Waals surface area contributed by atoms with Gasteiger partial charge in [-0.3, -0.25) is 10.1 Å². The van der Waals surface area contributed by atoms with E-state index in [-0.39, 0.29) is 11.3 Å². The summed E-state index contributed by atoms with van der Waals surface area (Å²) in [6.07, 6.45) is 2.20. The van der Waals surface area contributed by atoms with Crippen LogP contribution >= 0.6 is 0 Å². The van der Waals surface area contributed by atoms with Gasteiger partial charge in [-0.2, -0.15) is 4.98 Å². The number of nitrogens with one attached hydrogen (secondary N) is 1. The van der Waals surface area contributed by atoms with Crippen LogP contribution in [0.4, 0.5) is 17.5 Å². The zero-order chi connectivity index (χ0) is 15.5. The smallest absolute Gasteiger partial charge is 0.329 e. The summed E-state index contributed by atoms with van der Waals surface area (Å²) in [6, 6.07) is 0. The second kappa shape index (κ2) is 6.21. The number of nitrogens with zero attached hydrogens (tertiary/aromatic N) is 4. The molecular formula is C13H21N5O3. The summed E-state index contributed by atoms with van der Waals surface area (Å²) in [7, 11) is 0. The van der Waals surface area contributed by atoms with Gasteiger partial charge in [-0.25, -0.2) is 4.98 Å². The Bertz CT molecular complexity index is 521. The molecule has 21 heavy (non-hydrogen) atoms. The van der Waals surface area contributed by atoms with Gasteiger partial charge in [0.1, 0.15) is 6.20 Å². The first-order valence-corrected chi connectivity index (χ1v) is 7.07. The van der Waals surface area contributed by atoms with Gasteiger partial charge in [0.25, 0.3) is 0 Å². The van der Waals surface area contributed by atoms with E-state index in [4.69, 9.17) is 4.74 Å². The van der Waals surface area contributed by atoms with Crippen LogP contribution in [0.1, 0.15) is 27.2 Å².